The Balaban J connectivity index is 1.76. The molecule has 2 rings (SSSR count). The maximum Gasteiger partial charge on any atom is 0.222 e. The Kier molecular flexibility index (Phi) is 5.33. The number of benzene rings is 1. The quantitative estimate of drug-likeness (QED) is 0.827. The molecule has 1 saturated heterocycles. The van der Waals surface area contributed by atoms with Crippen LogP contribution in [0.1, 0.15) is 38.2 Å². The first-order valence-corrected chi connectivity index (χ1v) is 7.55. The third-order valence-corrected chi connectivity index (χ3v) is 4.12. The molecule has 1 amide bonds. The monoisotopic (exact) mass is 273 g/mol. The van der Waals surface area contributed by atoms with E-state index >= 15 is 0 Å². The van der Waals surface area contributed by atoms with Crippen molar-refractivity contribution in [2.45, 2.75) is 39.0 Å². The number of carbonyl (C=O) groups excluding carboxylic acids is 2. The highest BCUT2D eigenvalue weighted by Gasteiger charge is 2.25. The first-order chi connectivity index (χ1) is 9.70. The van der Waals surface area contributed by atoms with Crippen LogP contribution in [0.2, 0.25) is 0 Å². The van der Waals surface area contributed by atoms with Crippen LogP contribution < -0.4 is 0 Å². The summed E-state index contributed by atoms with van der Waals surface area (Å²) in [6, 6.07) is 10.1. The summed E-state index contributed by atoms with van der Waals surface area (Å²) in [5.41, 5.74) is 1.21. The standard InChI is InChI=1S/C17H23NO2/c1-2-16(19)15-10-12-18(13-11-15)17(20)9-8-14-6-4-3-5-7-14/h3-7,15H,2,8-13H2,1H3. The van der Waals surface area contributed by atoms with Gasteiger partial charge < -0.3 is 4.90 Å². The fourth-order valence-electron chi connectivity index (χ4n) is 2.79. The second kappa shape index (κ2) is 7.22. The average Bonchev–Trinajstić information content (AvgIpc) is 2.53. The molecule has 0 saturated carbocycles. The number of rotatable bonds is 5. The van der Waals surface area contributed by atoms with Crippen molar-refractivity contribution < 1.29 is 9.59 Å². The van der Waals surface area contributed by atoms with Crippen LogP contribution >= 0.6 is 0 Å². The summed E-state index contributed by atoms with van der Waals surface area (Å²) in [4.78, 5) is 25.7. The third-order valence-electron chi connectivity index (χ3n) is 4.12. The Labute approximate surface area is 121 Å². The van der Waals surface area contributed by atoms with Gasteiger partial charge in [0.1, 0.15) is 5.78 Å². The number of amides is 1. The number of Topliss-reactive ketones (excluding diaryl/α,β-unsaturated/α-hetero) is 1. The zero-order chi connectivity index (χ0) is 14.4. The topological polar surface area (TPSA) is 37.4 Å². The molecule has 20 heavy (non-hydrogen) atoms. The zero-order valence-electron chi connectivity index (χ0n) is 12.2. The van der Waals surface area contributed by atoms with Gasteiger partial charge in [0.15, 0.2) is 0 Å². The minimum Gasteiger partial charge on any atom is -0.343 e. The van der Waals surface area contributed by atoms with Crippen LogP contribution in [-0.4, -0.2) is 29.7 Å². The van der Waals surface area contributed by atoms with Crippen molar-refractivity contribution in [2.75, 3.05) is 13.1 Å². The molecule has 0 spiro atoms. The van der Waals surface area contributed by atoms with Crippen molar-refractivity contribution in [1.29, 1.82) is 0 Å². The Morgan fingerprint density at radius 1 is 1.15 bits per heavy atom. The van der Waals surface area contributed by atoms with E-state index in [4.69, 9.17) is 0 Å². The summed E-state index contributed by atoms with van der Waals surface area (Å²) in [5.74, 6) is 0.746. The summed E-state index contributed by atoms with van der Waals surface area (Å²) in [5, 5.41) is 0. The summed E-state index contributed by atoms with van der Waals surface area (Å²) in [6.45, 7) is 3.40. The molecule has 0 bridgehead atoms. The number of aryl methyl sites for hydroxylation is 1. The molecule has 1 aliphatic rings. The number of hydrogen-bond acceptors (Lipinski definition) is 2. The van der Waals surface area contributed by atoms with Crippen molar-refractivity contribution in [3.8, 4) is 0 Å². The number of ketones is 1. The SMILES string of the molecule is CCC(=O)C1CCN(C(=O)CCc2ccccc2)CC1. The lowest BCUT2D eigenvalue weighted by molar-refractivity contribution is -0.135. The normalized spacial score (nSPS) is 16.1. The van der Waals surface area contributed by atoms with Gasteiger partial charge in [0.2, 0.25) is 5.91 Å². The first-order valence-electron chi connectivity index (χ1n) is 7.55. The van der Waals surface area contributed by atoms with Crippen LogP contribution in [0.15, 0.2) is 30.3 Å². The molecule has 0 aromatic heterocycles. The molecule has 1 aromatic carbocycles. The van der Waals surface area contributed by atoms with Gasteiger partial charge in [0.05, 0.1) is 0 Å². The molecular formula is C17H23NO2. The average molecular weight is 273 g/mol. The second-order valence-electron chi connectivity index (χ2n) is 5.46. The molecule has 1 fully saturated rings. The van der Waals surface area contributed by atoms with Crippen LogP contribution in [-0.2, 0) is 16.0 Å². The van der Waals surface area contributed by atoms with Gasteiger partial charge in [0.25, 0.3) is 0 Å². The molecule has 1 heterocycles. The minimum atomic E-state index is 0.179. The van der Waals surface area contributed by atoms with Gasteiger partial charge in [-0.1, -0.05) is 37.3 Å². The van der Waals surface area contributed by atoms with Crippen molar-refractivity contribution in [2.24, 2.45) is 5.92 Å². The molecule has 0 radical (unpaired) electrons. The van der Waals surface area contributed by atoms with E-state index in [-0.39, 0.29) is 11.8 Å². The molecular weight excluding hydrogens is 250 g/mol. The Hall–Kier alpha value is -1.64. The van der Waals surface area contributed by atoms with Crippen LogP contribution in [0.5, 0.6) is 0 Å². The van der Waals surface area contributed by atoms with Crippen molar-refractivity contribution in [3.05, 3.63) is 35.9 Å². The van der Waals surface area contributed by atoms with Gasteiger partial charge in [-0.15, -0.1) is 0 Å². The fraction of sp³-hybridized carbons (Fsp3) is 0.529. The second-order valence-corrected chi connectivity index (χ2v) is 5.46. The number of piperidine rings is 1. The van der Waals surface area contributed by atoms with E-state index in [1.807, 2.05) is 30.0 Å². The number of nitrogens with zero attached hydrogens (tertiary/aromatic N) is 1. The Bertz CT molecular complexity index is 447. The van der Waals surface area contributed by atoms with Crippen LogP contribution in [0.4, 0.5) is 0 Å². The molecule has 108 valence electrons. The molecule has 1 aliphatic heterocycles. The minimum absolute atomic E-state index is 0.179. The van der Waals surface area contributed by atoms with E-state index in [0.29, 0.717) is 18.6 Å². The highest BCUT2D eigenvalue weighted by Crippen LogP contribution is 2.20. The molecule has 3 nitrogen and oxygen atoms in total. The van der Waals surface area contributed by atoms with Gasteiger partial charge in [0, 0.05) is 31.8 Å². The van der Waals surface area contributed by atoms with Gasteiger partial charge in [-0.05, 0) is 24.8 Å². The van der Waals surface area contributed by atoms with E-state index in [9.17, 15) is 9.59 Å². The molecule has 0 aliphatic carbocycles. The number of carbonyl (C=O) groups is 2. The predicted octanol–water partition coefficient (Wildman–Crippen LogP) is 2.84. The molecule has 1 aromatic rings. The maximum absolute atomic E-state index is 12.2. The van der Waals surface area contributed by atoms with Gasteiger partial charge in [-0.3, -0.25) is 9.59 Å². The number of likely N-dealkylation sites (tertiary alicyclic amines) is 1. The molecule has 0 N–H and O–H groups in total. The largest absolute Gasteiger partial charge is 0.343 e. The van der Waals surface area contributed by atoms with Gasteiger partial charge in [-0.25, -0.2) is 0 Å². The molecule has 0 unspecified atom stereocenters. The van der Waals surface area contributed by atoms with E-state index in [0.717, 1.165) is 32.4 Å². The smallest absolute Gasteiger partial charge is 0.222 e. The molecule has 0 atom stereocenters. The van der Waals surface area contributed by atoms with Crippen molar-refractivity contribution >= 4 is 11.7 Å². The predicted molar refractivity (Wildman–Crippen MR) is 79.4 cm³/mol. The van der Waals surface area contributed by atoms with Crippen molar-refractivity contribution in [1.82, 2.24) is 4.90 Å². The Morgan fingerprint density at radius 2 is 1.80 bits per heavy atom. The maximum atomic E-state index is 12.2. The van der Waals surface area contributed by atoms with E-state index in [2.05, 4.69) is 12.1 Å². The van der Waals surface area contributed by atoms with E-state index < -0.39 is 0 Å². The lowest BCUT2D eigenvalue weighted by Gasteiger charge is -2.31. The highest BCUT2D eigenvalue weighted by atomic mass is 16.2. The van der Waals surface area contributed by atoms with Gasteiger partial charge >= 0.3 is 0 Å². The molecule has 3 heteroatoms. The zero-order valence-corrected chi connectivity index (χ0v) is 12.2. The van der Waals surface area contributed by atoms with E-state index in [1.54, 1.807) is 0 Å². The summed E-state index contributed by atoms with van der Waals surface area (Å²) in [7, 11) is 0. The van der Waals surface area contributed by atoms with Crippen LogP contribution in [0, 0.1) is 5.92 Å². The van der Waals surface area contributed by atoms with E-state index in [1.165, 1.54) is 5.56 Å². The Morgan fingerprint density at radius 3 is 2.40 bits per heavy atom. The summed E-state index contributed by atoms with van der Waals surface area (Å²) in [6.07, 6.45) is 3.66. The van der Waals surface area contributed by atoms with Crippen molar-refractivity contribution in [3.63, 3.8) is 0 Å². The lowest BCUT2D eigenvalue weighted by Crippen LogP contribution is -2.40. The lowest BCUT2D eigenvalue weighted by atomic mass is 9.91. The van der Waals surface area contributed by atoms with Crippen LogP contribution in [0.3, 0.4) is 0 Å². The third kappa shape index (κ3) is 3.92. The fourth-order valence-corrected chi connectivity index (χ4v) is 2.79. The summed E-state index contributed by atoms with van der Waals surface area (Å²) >= 11 is 0. The number of hydrogen-bond donors (Lipinski definition) is 0. The van der Waals surface area contributed by atoms with Crippen LogP contribution in [0.25, 0.3) is 0 Å². The summed E-state index contributed by atoms with van der Waals surface area (Å²) < 4.78 is 0. The highest BCUT2D eigenvalue weighted by molar-refractivity contribution is 5.81. The first kappa shape index (κ1) is 14.8. The van der Waals surface area contributed by atoms with Gasteiger partial charge in [-0.2, -0.15) is 0 Å².